The minimum atomic E-state index is 0.00832. The Morgan fingerprint density at radius 3 is 2.65 bits per heavy atom. The number of likely N-dealkylation sites (tertiary alicyclic amines) is 1. The number of nitrogens with one attached hydrogen (secondary N) is 1. The first-order chi connectivity index (χ1) is 9.58. The van der Waals surface area contributed by atoms with Gasteiger partial charge in [0.15, 0.2) is 0 Å². The van der Waals surface area contributed by atoms with E-state index in [2.05, 4.69) is 5.32 Å². The number of amides is 1. The predicted molar refractivity (Wildman–Crippen MR) is 80.3 cm³/mol. The minimum Gasteiger partial charge on any atom is -0.506 e. The Morgan fingerprint density at radius 1 is 1.25 bits per heavy atom. The second-order valence-electron chi connectivity index (χ2n) is 4.94. The van der Waals surface area contributed by atoms with E-state index in [1.807, 2.05) is 4.90 Å². The minimum absolute atomic E-state index is 0.00832. The van der Waals surface area contributed by atoms with E-state index in [1.165, 1.54) is 12.5 Å². The summed E-state index contributed by atoms with van der Waals surface area (Å²) in [5.74, 6) is 0.103. The summed E-state index contributed by atoms with van der Waals surface area (Å²) in [6.45, 7) is 2.29. The molecule has 0 unspecified atom stereocenters. The van der Waals surface area contributed by atoms with Gasteiger partial charge in [-0.1, -0.05) is 23.2 Å². The number of hydrogen-bond donors (Lipinski definition) is 2. The van der Waals surface area contributed by atoms with Crippen molar-refractivity contribution in [2.45, 2.75) is 25.8 Å². The zero-order chi connectivity index (χ0) is 14.5. The number of phenols is 1. The van der Waals surface area contributed by atoms with Crippen molar-refractivity contribution >= 4 is 29.1 Å². The van der Waals surface area contributed by atoms with Crippen LogP contribution in [0, 0.1) is 0 Å². The van der Waals surface area contributed by atoms with Gasteiger partial charge in [-0.2, -0.15) is 0 Å². The van der Waals surface area contributed by atoms with Gasteiger partial charge in [0, 0.05) is 30.2 Å². The highest BCUT2D eigenvalue weighted by Crippen LogP contribution is 2.30. The SMILES string of the molecule is O=C(CNCc1cc(Cl)cc(Cl)c1O)N1CCCCC1. The molecule has 0 atom stereocenters. The van der Waals surface area contributed by atoms with Gasteiger partial charge in [0.2, 0.25) is 5.91 Å². The fourth-order valence-corrected chi connectivity index (χ4v) is 2.85. The Morgan fingerprint density at radius 2 is 1.95 bits per heavy atom. The van der Waals surface area contributed by atoms with Crippen molar-refractivity contribution in [1.82, 2.24) is 10.2 Å². The smallest absolute Gasteiger partial charge is 0.236 e. The highest BCUT2D eigenvalue weighted by atomic mass is 35.5. The summed E-state index contributed by atoms with van der Waals surface area (Å²) in [4.78, 5) is 13.8. The Balaban J connectivity index is 1.85. The van der Waals surface area contributed by atoms with Gasteiger partial charge < -0.3 is 15.3 Å². The van der Waals surface area contributed by atoms with Crippen molar-refractivity contribution in [3.05, 3.63) is 27.7 Å². The quantitative estimate of drug-likeness (QED) is 0.898. The summed E-state index contributed by atoms with van der Waals surface area (Å²) in [5.41, 5.74) is 0.592. The maximum atomic E-state index is 12.0. The molecule has 2 N–H and O–H groups in total. The monoisotopic (exact) mass is 316 g/mol. The zero-order valence-electron chi connectivity index (χ0n) is 11.2. The van der Waals surface area contributed by atoms with E-state index < -0.39 is 0 Å². The van der Waals surface area contributed by atoms with Crippen LogP contribution in [0.3, 0.4) is 0 Å². The van der Waals surface area contributed by atoms with Crippen LogP contribution in [0.2, 0.25) is 10.0 Å². The molecular weight excluding hydrogens is 299 g/mol. The Labute approximate surface area is 128 Å². The molecule has 0 radical (unpaired) electrons. The molecule has 20 heavy (non-hydrogen) atoms. The number of halogens is 2. The van der Waals surface area contributed by atoms with Crippen molar-refractivity contribution in [1.29, 1.82) is 0 Å². The number of carbonyl (C=O) groups excluding carboxylic acids is 1. The second-order valence-corrected chi connectivity index (χ2v) is 5.78. The van der Waals surface area contributed by atoms with Crippen LogP contribution in [0.25, 0.3) is 0 Å². The van der Waals surface area contributed by atoms with Gasteiger partial charge in [-0.3, -0.25) is 4.79 Å². The van der Waals surface area contributed by atoms with E-state index >= 15 is 0 Å². The summed E-state index contributed by atoms with van der Waals surface area (Å²) in [6.07, 6.45) is 3.36. The molecular formula is C14H18Cl2N2O2. The van der Waals surface area contributed by atoms with Crippen molar-refractivity contribution in [2.75, 3.05) is 19.6 Å². The maximum absolute atomic E-state index is 12.0. The Hall–Kier alpha value is -0.970. The second kappa shape index (κ2) is 7.16. The summed E-state index contributed by atoms with van der Waals surface area (Å²) >= 11 is 11.7. The van der Waals surface area contributed by atoms with Crippen LogP contribution < -0.4 is 5.32 Å². The molecule has 1 saturated heterocycles. The van der Waals surface area contributed by atoms with Crippen LogP contribution in [-0.2, 0) is 11.3 Å². The van der Waals surface area contributed by atoms with Gasteiger partial charge in [-0.15, -0.1) is 0 Å². The lowest BCUT2D eigenvalue weighted by Gasteiger charge is -2.26. The first-order valence-electron chi connectivity index (χ1n) is 6.73. The highest BCUT2D eigenvalue weighted by molar-refractivity contribution is 6.35. The molecule has 1 aromatic rings. The number of aromatic hydroxyl groups is 1. The van der Waals surface area contributed by atoms with Crippen LogP contribution in [0.4, 0.5) is 0 Å². The molecule has 0 aromatic heterocycles. The molecule has 1 aliphatic rings. The van der Waals surface area contributed by atoms with E-state index in [9.17, 15) is 9.90 Å². The van der Waals surface area contributed by atoms with Crippen LogP contribution in [-0.4, -0.2) is 35.5 Å². The molecule has 1 amide bonds. The van der Waals surface area contributed by atoms with E-state index in [0.717, 1.165) is 25.9 Å². The summed E-state index contributed by atoms with van der Waals surface area (Å²) < 4.78 is 0. The number of benzene rings is 1. The van der Waals surface area contributed by atoms with Crippen molar-refractivity contribution in [3.8, 4) is 5.75 Å². The number of nitrogens with zero attached hydrogens (tertiary/aromatic N) is 1. The fourth-order valence-electron chi connectivity index (χ4n) is 2.31. The predicted octanol–water partition coefficient (Wildman–Crippen LogP) is 2.80. The lowest BCUT2D eigenvalue weighted by molar-refractivity contribution is -0.131. The average Bonchev–Trinajstić information content (AvgIpc) is 2.44. The molecule has 0 aliphatic carbocycles. The zero-order valence-corrected chi connectivity index (χ0v) is 12.7. The van der Waals surface area contributed by atoms with Gasteiger partial charge in [0.25, 0.3) is 0 Å². The van der Waals surface area contributed by atoms with E-state index in [4.69, 9.17) is 23.2 Å². The highest BCUT2D eigenvalue weighted by Gasteiger charge is 2.16. The summed E-state index contributed by atoms with van der Waals surface area (Å²) in [6, 6.07) is 3.13. The number of piperidine rings is 1. The van der Waals surface area contributed by atoms with Crippen LogP contribution >= 0.6 is 23.2 Å². The maximum Gasteiger partial charge on any atom is 0.236 e. The third kappa shape index (κ3) is 4.01. The van der Waals surface area contributed by atoms with Crippen molar-refractivity contribution < 1.29 is 9.90 Å². The normalized spacial score (nSPS) is 15.4. The molecule has 110 valence electrons. The molecule has 4 nitrogen and oxygen atoms in total. The molecule has 0 saturated carbocycles. The van der Waals surface area contributed by atoms with Gasteiger partial charge >= 0.3 is 0 Å². The van der Waals surface area contributed by atoms with E-state index in [1.54, 1.807) is 6.07 Å². The number of rotatable bonds is 4. The van der Waals surface area contributed by atoms with Gasteiger partial charge in [0.05, 0.1) is 11.6 Å². The standard InChI is InChI=1S/C14H18Cl2N2O2/c15-11-6-10(14(20)12(16)7-11)8-17-9-13(19)18-4-2-1-3-5-18/h6-7,17,20H,1-5,8-9H2. The summed E-state index contributed by atoms with van der Waals surface area (Å²) in [7, 11) is 0. The molecule has 6 heteroatoms. The van der Waals surface area contributed by atoms with Gasteiger partial charge in [-0.25, -0.2) is 0 Å². The van der Waals surface area contributed by atoms with Crippen LogP contribution in [0.15, 0.2) is 12.1 Å². The number of hydrogen-bond acceptors (Lipinski definition) is 3. The van der Waals surface area contributed by atoms with E-state index in [0.29, 0.717) is 17.1 Å². The lowest BCUT2D eigenvalue weighted by Crippen LogP contribution is -2.40. The molecule has 1 fully saturated rings. The molecule has 2 rings (SSSR count). The van der Waals surface area contributed by atoms with Crippen LogP contribution in [0.1, 0.15) is 24.8 Å². The number of carbonyl (C=O) groups is 1. The third-order valence-corrected chi connectivity index (χ3v) is 3.91. The first-order valence-corrected chi connectivity index (χ1v) is 7.49. The molecule has 0 spiro atoms. The van der Waals surface area contributed by atoms with Gasteiger partial charge in [0.1, 0.15) is 5.75 Å². The largest absolute Gasteiger partial charge is 0.506 e. The van der Waals surface area contributed by atoms with Crippen molar-refractivity contribution in [3.63, 3.8) is 0 Å². The van der Waals surface area contributed by atoms with Crippen molar-refractivity contribution in [2.24, 2.45) is 0 Å². The molecule has 1 heterocycles. The average molecular weight is 317 g/mol. The fraction of sp³-hybridized carbons (Fsp3) is 0.500. The van der Waals surface area contributed by atoms with Crippen LogP contribution in [0.5, 0.6) is 5.75 Å². The topological polar surface area (TPSA) is 52.6 Å². The Kier molecular flexibility index (Phi) is 5.52. The molecule has 0 bridgehead atoms. The Bertz CT molecular complexity index is 488. The lowest BCUT2D eigenvalue weighted by atomic mass is 10.1. The summed E-state index contributed by atoms with van der Waals surface area (Å²) in [5, 5.41) is 13.5. The molecule has 1 aromatic carbocycles. The van der Waals surface area contributed by atoms with Gasteiger partial charge in [-0.05, 0) is 31.4 Å². The number of phenolic OH excluding ortho intramolecular Hbond substituents is 1. The third-order valence-electron chi connectivity index (χ3n) is 3.41. The first kappa shape index (κ1) is 15.4. The molecule has 1 aliphatic heterocycles. The van der Waals surface area contributed by atoms with E-state index in [-0.39, 0.29) is 23.2 Å².